The number of rotatable bonds is 0. The minimum atomic E-state index is -1.09. The van der Waals surface area contributed by atoms with Gasteiger partial charge in [-0.05, 0) is 13.8 Å². The van der Waals surface area contributed by atoms with E-state index in [1.165, 1.54) is 13.8 Å². The monoisotopic (exact) mass is 161 g/mol. The molecule has 1 rings (SSSR count). The van der Waals surface area contributed by atoms with Gasteiger partial charge in [-0.3, -0.25) is 0 Å². The van der Waals surface area contributed by atoms with Crippen molar-refractivity contribution in [3.63, 3.8) is 0 Å². The molecule has 0 aromatic carbocycles. The fourth-order valence-corrected chi connectivity index (χ4v) is 0.716. The number of halogens is 3. The number of hydrogen-bond acceptors (Lipinski definition) is 1. The summed E-state index contributed by atoms with van der Waals surface area (Å²) in [4.78, 5) is 2.86. The van der Waals surface area contributed by atoms with Crippen molar-refractivity contribution < 1.29 is 13.2 Å². The third-order valence-corrected chi connectivity index (χ3v) is 1.47. The van der Waals surface area contributed by atoms with Gasteiger partial charge in [-0.15, -0.1) is 0 Å². The van der Waals surface area contributed by atoms with Crippen molar-refractivity contribution in [3.8, 4) is 0 Å². The zero-order chi connectivity index (χ0) is 8.59. The highest BCUT2D eigenvalue weighted by Gasteiger charge is 2.12. The van der Waals surface area contributed by atoms with Crippen LogP contribution in [0.5, 0.6) is 0 Å². The van der Waals surface area contributed by atoms with E-state index >= 15 is 0 Å². The summed E-state index contributed by atoms with van der Waals surface area (Å²) in [6.07, 6.45) is 0. The minimum absolute atomic E-state index is 0.246. The molecule has 11 heavy (non-hydrogen) atoms. The first-order valence-corrected chi connectivity index (χ1v) is 3.01. The van der Waals surface area contributed by atoms with Crippen molar-refractivity contribution in [2.45, 2.75) is 13.8 Å². The van der Waals surface area contributed by atoms with E-state index in [4.69, 9.17) is 0 Å². The Morgan fingerprint density at radius 1 is 0.909 bits per heavy atom. The number of aromatic nitrogens is 1. The average Bonchev–Trinajstić information content (AvgIpc) is 1.97. The molecule has 0 amide bonds. The quantitative estimate of drug-likeness (QED) is 0.531. The lowest BCUT2D eigenvalue weighted by Gasteiger charge is -2.01. The highest BCUT2D eigenvalue weighted by molar-refractivity contribution is 5.20. The van der Waals surface area contributed by atoms with Gasteiger partial charge < -0.3 is 0 Å². The van der Waals surface area contributed by atoms with E-state index in [1.54, 1.807) is 0 Å². The van der Waals surface area contributed by atoms with Gasteiger partial charge in [0.1, 0.15) is 5.82 Å². The fourth-order valence-electron chi connectivity index (χ4n) is 0.716. The minimum Gasteiger partial charge on any atom is -0.206 e. The molecule has 1 nitrogen and oxygen atoms in total. The lowest BCUT2D eigenvalue weighted by atomic mass is 10.2. The summed E-state index contributed by atoms with van der Waals surface area (Å²) in [5.74, 6) is -3.05. The van der Waals surface area contributed by atoms with Crippen LogP contribution in [0.4, 0.5) is 13.2 Å². The standard InChI is InChI=1S/C7H6F3N/c1-3-5(8)4(2)7(10)11-6(3)9/h1-2H3. The van der Waals surface area contributed by atoms with Crippen LogP contribution in [0.2, 0.25) is 0 Å². The average molecular weight is 161 g/mol. The molecule has 1 heterocycles. The smallest absolute Gasteiger partial charge is 0.206 e. The Labute approximate surface area is 61.9 Å². The lowest BCUT2D eigenvalue weighted by Crippen LogP contribution is -2.01. The molecule has 0 aliphatic heterocycles. The first kappa shape index (κ1) is 8.04. The third kappa shape index (κ3) is 1.20. The predicted molar refractivity (Wildman–Crippen MR) is 33.6 cm³/mol. The van der Waals surface area contributed by atoms with Gasteiger partial charge in [0, 0.05) is 11.1 Å². The molecule has 0 N–H and O–H groups in total. The van der Waals surface area contributed by atoms with Gasteiger partial charge in [0.05, 0.1) is 0 Å². The van der Waals surface area contributed by atoms with Crippen molar-refractivity contribution in [1.82, 2.24) is 4.98 Å². The zero-order valence-electron chi connectivity index (χ0n) is 6.08. The lowest BCUT2D eigenvalue weighted by molar-refractivity contribution is 0.469. The largest absolute Gasteiger partial charge is 0.221 e. The maximum Gasteiger partial charge on any atom is 0.221 e. The predicted octanol–water partition coefficient (Wildman–Crippen LogP) is 2.12. The first-order valence-electron chi connectivity index (χ1n) is 3.01. The Morgan fingerprint density at radius 2 is 1.27 bits per heavy atom. The van der Waals surface area contributed by atoms with E-state index in [0.29, 0.717) is 0 Å². The Kier molecular flexibility index (Phi) is 1.85. The fraction of sp³-hybridized carbons (Fsp3) is 0.286. The molecule has 4 heteroatoms. The van der Waals surface area contributed by atoms with E-state index in [-0.39, 0.29) is 11.1 Å². The van der Waals surface area contributed by atoms with Gasteiger partial charge in [0.2, 0.25) is 11.9 Å². The number of hydrogen-bond donors (Lipinski definition) is 0. The van der Waals surface area contributed by atoms with Crippen LogP contribution in [0.15, 0.2) is 0 Å². The molecular weight excluding hydrogens is 155 g/mol. The van der Waals surface area contributed by atoms with Gasteiger partial charge in [-0.2, -0.15) is 13.8 Å². The second-order valence-corrected chi connectivity index (χ2v) is 2.26. The van der Waals surface area contributed by atoms with Crippen LogP contribution in [-0.4, -0.2) is 4.98 Å². The number of nitrogens with zero attached hydrogens (tertiary/aromatic N) is 1. The molecule has 60 valence electrons. The van der Waals surface area contributed by atoms with Gasteiger partial charge in [-0.1, -0.05) is 0 Å². The van der Waals surface area contributed by atoms with Gasteiger partial charge in [-0.25, -0.2) is 4.39 Å². The summed E-state index contributed by atoms with van der Waals surface area (Å²) >= 11 is 0. The summed E-state index contributed by atoms with van der Waals surface area (Å²) in [6.45, 7) is 2.42. The molecule has 0 aliphatic carbocycles. The molecule has 1 aromatic heterocycles. The van der Waals surface area contributed by atoms with Crippen molar-refractivity contribution in [3.05, 3.63) is 28.8 Å². The second kappa shape index (κ2) is 2.53. The highest BCUT2D eigenvalue weighted by atomic mass is 19.1. The Balaban J connectivity index is 3.46. The molecule has 0 saturated heterocycles. The highest BCUT2D eigenvalue weighted by Crippen LogP contribution is 2.14. The zero-order valence-corrected chi connectivity index (χ0v) is 6.08. The summed E-state index contributed by atoms with van der Waals surface area (Å²) in [5, 5.41) is 0. The maximum absolute atomic E-state index is 12.7. The number of pyridine rings is 1. The molecule has 0 bridgehead atoms. The van der Waals surface area contributed by atoms with Crippen molar-refractivity contribution in [1.29, 1.82) is 0 Å². The van der Waals surface area contributed by atoms with Gasteiger partial charge in [0.25, 0.3) is 0 Å². The molecule has 0 spiro atoms. The Bertz CT molecular complexity index is 270. The van der Waals surface area contributed by atoms with Crippen LogP contribution >= 0.6 is 0 Å². The second-order valence-electron chi connectivity index (χ2n) is 2.26. The van der Waals surface area contributed by atoms with E-state index < -0.39 is 17.7 Å². The van der Waals surface area contributed by atoms with Gasteiger partial charge in [0.15, 0.2) is 0 Å². The van der Waals surface area contributed by atoms with E-state index in [1.807, 2.05) is 0 Å². The Morgan fingerprint density at radius 3 is 1.64 bits per heavy atom. The first-order chi connectivity index (χ1) is 5.04. The SMILES string of the molecule is Cc1c(F)nc(F)c(C)c1F. The van der Waals surface area contributed by atoms with Crippen LogP contribution in [0.3, 0.4) is 0 Å². The maximum atomic E-state index is 12.7. The van der Waals surface area contributed by atoms with E-state index in [2.05, 4.69) is 4.98 Å². The molecule has 0 fully saturated rings. The van der Waals surface area contributed by atoms with E-state index in [9.17, 15) is 13.2 Å². The molecule has 0 unspecified atom stereocenters. The molecule has 1 aromatic rings. The molecule has 0 saturated carbocycles. The summed E-state index contributed by atoms with van der Waals surface area (Å²) < 4.78 is 37.6. The summed E-state index contributed by atoms with van der Waals surface area (Å²) in [7, 11) is 0. The topological polar surface area (TPSA) is 12.9 Å². The van der Waals surface area contributed by atoms with Crippen LogP contribution in [-0.2, 0) is 0 Å². The van der Waals surface area contributed by atoms with Crippen molar-refractivity contribution in [2.75, 3.05) is 0 Å². The summed E-state index contributed by atoms with van der Waals surface area (Å²) in [5.41, 5.74) is -0.493. The van der Waals surface area contributed by atoms with Crippen LogP contribution in [0.25, 0.3) is 0 Å². The normalized spacial score (nSPS) is 10.3. The van der Waals surface area contributed by atoms with Gasteiger partial charge >= 0.3 is 0 Å². The van der Waals surface area contributed by atoms with E-state index in [0.717, 1.165) is 0 Å². The van der Waals surface area contributed by atoms with Crippen LogP contribution < -0.4 is 0 Å². The van der Waals surface area contributed by atoms with Crippen LogP contribution in [0.1, 0.15) is 11.1 Å². The third-order valence-electron chi connectivity index (χ3n) is 1.47. The van der Waals surface area contributed by atoms with Crippen LogP contribution in [0, 0.1) is 31.6 Å². The molecule has 0 atom stereocenters. The van der Waals surface area contributed by atoms with Crippen molar-refractivity contribution >= 4 is 0 Å². The summed E-state index contributed by atoms with van der Waals surface area (Å²) in [6, 6.07) is 0. The Hall–Kier alpha value is -1.06. The molecule has 0 radical (unpaired) electrons. The molecular formula is C7H6F3N. The molecule has 0 aliphatic rings. The van der Waals surface area contributed by atoms with Crippen molar-refractivity contribution in [2.24, 2.45) is 0 Å².